The molecule has 0 radical (unpaired) electrons. The third kappa shape index (κ3) is 6.59. The average Bonchev–Trinajstić information content (AvgIpc) is 2.21. The zero-order valence-corrected chi connectivity index (χ0v) is 8.89. The first-order valence-electron chi connectivity index (χ1n) is 3.69. The lowest BCUT2D eigenvalue weighted by Gasteiger charge is -1.76. The summed E-state index contributed by atoms with van der Waals surface area (Å²) in [4.78, 5) is 8.48. The van der Waals surface area contributed by atoms with Crippen LogP contribution in [-0.4, -0.2) is 14.1 Å². The molecule has 0 unspecified atom stereocenters. The van der Waals surface area contributed by atoms with Crippen molar-refractivity contribution in [2.75, 3.05) is 0 Å². The van der Waals surface area contributed by atoms with Gasteiger partial charge in [0.2, 0.25) is 0 Å². The number of hydrogen-bond acceptors (Lipinski definition) is 0. The van der Waals surface area contributed by atoms with Gasteiger partial charge in [0.1, 0.15) is 0 Å². The maximum Gasteiger partial charge on any atom is 0.577 e. The maximum absolute atomic E-state index is 4.99. The quantitative estimate of drug-likeness (QED) is 0.381. The smallest absolute Gasteiger partial charge is 0.154 e. The number of hydrogen-bond donors (Lipinski definition) is 0. The average molecular weight is 188 g/mol. The Bertz CT molecular complexity index is 476. The highest BCUT2D eigenvalue weighted by atomic mass is 27.2. The van der Waals surface area contributed by atoms with E-state index in [4.69, 9.17) is 12.8 Å². The fraction of sp³-hybridized carbons (Fsp3) is 0.0769. The highest BCUT2D eigenvalue weighted by Gasteiger charge is 2.07. The van der Waals surface area contributed by atoms with Gasteiger partial charge in [0.05, 0.1) is 0 Å². The molecule has 1 heteroatoms. The molecule has 0 aliphatic heterocycles. The zero-order chi connectivity index (χ0) is 10.6. The molecule has 0 nitrogen and oxygen atoms in total. The Morgan fingerprint density at radius 3 is 1.71 bits per heavy atom. The first-order valence-corrected chi connectivity index (χ1v) is 5.43. The molecule has 14 heavy (non-hydrogen) atoms. The first-order chi connectivity index (χ1) is 6.85. The molecule has 0 aromatic heterocycles. The van der Waals surface area contributed by atoms with E-state index in [0.717, 1.165) is 0 Å². The molecular weight excluding hydrogens is 183 g/mol. The van der Waals surface area contributed by atoms with Crippen molar-refractivity contribution in [3.05, 3.63) is 0 Å². The largest absolute Gasteiger partial charge is 0.577 e. The molecule has 0 aliphatic rings. The second-order valence-electron chi connectivity index (χ2n) is 1.90. The lowest BCUT2D eigenvalue weighted by atomic mass is 10.6. The van der Waals surface area contributed by atoms with Crippen LogP contribution < -0.4 is 0 Å². The van der Waals surface area contributed by atoms with Crippen molar-refractivity contribution in [2.45, 2.75) is 6.92 Å². The summed E-state index contributed by atoms with van der Waals surface area (Å²) in [5.74, 6) is 17.4. The van der Waals surface area contributed by atoms with Crippen molar-refractivity contribution in [3.63, 3.8) is 0 Å². The van der Waals surface area contributed by atoms with E-state index in [2.05, 4.69) is 55.8 Å². The Kier molecular flexibility index (Phi) is 7.63. The second-order valence-corrected chi connectivity index (χ2v) is 3.64. The van der Waals surface area contributed by atoms with Crippen LogP contribution >= 0.6 is 0 Å². The van der Waals surface area contributed by atoms with Gasteiger partial charge in [-0.2, -0.15) is 14.3 Å². The summed E-state index contributed by atoms with van der Waals surface area (Å²) in [5, 5.41) is 0. The van der Waals surface area contributed by atoms with Gasteiger partial charge in [-0.15, -0.1) is 12.8 Å². The molecule has 0 saturated carbocycles. The fourth-order valence-corrected chi connectivity index (χ4v) is 1.40. The predicted molar refractivity (Wildman–Crippen MR) is 60.2 cm³/mol. The van der Waals surface area contributed by atoms with Crippen molar-refractivity contribution in [2.24, 2.45) is 0 Å². The van der Waals surface area contributed by atoms with Gasteiger partial charge in [-0.1, -0.05) is 5.92 Å². The molecule has 60 valence electrons. The third-order valence-corrected chi connectivity index (χ3v) is 2.28. The molecule has 0 saturated heterocycles. The molecule has 0 amide bonds. The van der Waals surface area contributed by atoms with Gasteiger partial charge < -0.3 is 0 Å². The highest BCUT2D eigenvalue weighted by molar-refractivity contribution is 6.82. The van der Waals surface area contributed by atoms with E-state index >= 15 is 0 Å². The van der Waals surface area contributed by atoms with Gasteiger partial charge in [-0.05, 0) is 42.4 Å². The monoisotopic (exact) mass is 188 g/mol. The molecule has 0 fully saturated rings. The predicted octanol–water partition coefficient (Wildman–Crippen LogP) is 0.399. The van der Waals surface area contributed by atoms with E-state index in [9.17, 15) is 0 Å². The Balaban J connectivity index is 4.77. The normalized spacial score (nSPS) is 4.50. The van der Waals surface area contributed by atoms with Crippen LogP contribution in [0.2, 0.25) is 0 Å². The van der Waals surface area contributed by atoms with Gasteiger partial charge in [0, 0.05) is 0 Å². The minimum Gasteiger partial charge on any atom is -0.154 e. The molecule has 0 aromatic rings. The van der Waals surface area contributed by atoms with Gasteiger partial charge in [-0.25, -0.2) is 0 Å². The molecule has 0 heterocycles. The van der Waals surface area contributed by atoms with E-state index in [1.807, 2.05) is 0 Å². The summed E-state index contributed by atoms with van der Waals surface area (Å²) < 4.78 is 0. The first kappa shape index (κ1) is 11.9. The molecule has 0 bridgehead atoms. The molecule has 0 N–H and O–H groups in total. The van der Waals surface area contributed by atoms with Crippen molar-refractivity contribution >= 4 is 14.1 Å². The topological polar surface area (TPSA) is 0 Å². The summed E-state index contributed by atoms with van der Waals surface area (Å²) in [7, 11) is 0. The van der Waals surface area contributed by atoms with Gasteiger partial charge >= 0.3 is 14.1 Å². The van der Waals surface area contributed by atoms with Crippen LogP contribution in [0.3, 0.4) is 0 Å². The van der Waals surface area contributed by atoms with E-state index in [1.165, 1.54) is 0 Å². The number of terminal acetylenes is 2. The van der Waals surface area contributed by atoms with Crippen LogP contribution in [0.25, 0.3) is 0 Å². The van der Waals surface area contributed by atoms with Gasteiger partial charge in [0.15, 0.2) is 0 Å². The van der Waals surface area contributed by atoms with E-state index in [0.29, 0.717) is 0 Å². The van der Waals surface area contributed by atoms with E-state index in [1.54, 1.807) is 6.92 Å². The van der Waals surface area contributed by atoms with E-state index in [-0.39, 0.29) is 0 Å². The Morgan fingerprint density at radius 1 is 0.786 bits per heavy atom. The minimum atomic E-state index is -1.77. The van der Waals surface area contributed by atoms with Crippen LogP contribution in [0, 0.1) is 68.6 Å². The van der Waals surface area contributed by atoms with Crippen molar-refractivity contribution in [3.8, 4) is 68.6 Å². The fourth-order valence-electron chi connectivity index (χ4n) is 0.507. The standard InChI is InChI=1S/C5H3.2C4H.Al/c1-3-5-4-2;2*1-3-4-2;/h1H3;2*1H;. The SMILES string of the molecule is C#CC#[C][Al]([C]#CC#C)[C]#CC#CC. The molecule has 0 spiro atoms. The van der Waals surface area contributed by atoms with Gasteiger partial charge in [-0.3, -0.25) is 0 Å². The van der Waals surface area contributed by atoms with E-state index < -0.39 is 14.1 Å². The van der Waals surface area contributed by atoms with Gasteiger partial charge in [0.25, 0.3) is 0 Å². The highest BCUT2D eigenvalue weighted by Crippen LogP contribution is 1.74. The Hall–Kier alpha value is -2.11. The van der Waals surface area contributed by atoms with Crippen LogP contribution in [0.5, 0.6) is 0 Å². The van der Waals surface area contributed by atoms with Crippen LogP contribution in [0.1, 0.15) is 6.92 Å². The van der Waals surface area contributed by atoms with Crippen LogP contribution in [-0.2, 0) is 0 Å². The Morgan fingerprint density at radius 2 is 1.29 bits per heavy atom. The summed E-state index contributed by atoms with van der Waals surface area (Å²) in [6.45, 7) is 1.71. The molecule has 0 atom stereocenters. The molecular formula is C13H5Al. The molecule has 0 aliphatic carbocycles. The van der Waals surface area contributed by atoms with Crippen LogP contribution in [0.4, 0.5) is 0 Å². The maximum atomic E-state index is 4.99. The van der Waals surface area contributed by atoms with Crippen molar-refractivity contribution < 1.29 is 0 Å². The summed E-state index contributed by atoms with van der Waals surface area (Å²) >= 11 is -1.77. The third-order valence-electron chi connectivity index (χ3n) is 0.981. The lowest BCUT2D eigenvalue weighted by molar-refractivity contribution is 1.92. The van der Waals surface area contributed by atoms with Crippen molar-refractivity contribution in [1.29, 1.82) is 0 Å². The second kappa shape index (κ2) is 8.98. The van der Waals surface area contributed by atoms with Crippen molar-refractivity contribution in [1.82, 2.24) is 0 Å². The molecule has 0 aromatic carbocycles. The Labute approximate surface area is 89.9 Å². The minimum absolute atomic E-state index is 1.71. The summed E-state index contributed by atoms with van der Waals surface area (Å²) in [6, 6.07) is 0. The number of rotatable bonds is 0. The summed E-state index contributed by atoms with van der Waals surface area (Å²) in [5.41, 5.74) is 0. The van der Waals surface area contributed by atoms with Crippen LogP contribution in [0.15, 0.2) is 0 Å². The lowest BCUT2D eigenvalue weighted by Crippen LogP contribution is -2.03. The molecule has 0 rings (SSSR count). The summed E-state index contributed by atoms with van der Waals surface area (Å²) in [6.07, 6.45) is 9.99. The zero-order valence-electron chi connectivity index (χ0n) is 7.73.